The quantitative estimate of drug-likeness (QED) is 0.431. The molecule has 1 aromatic carbocycles. The van der Waals surface area contributed by atoms with E-state index in [1.54, 1.807) is 62.9 Å². The average molecular weight is 440 g/mol. The molecule has 4 rings (SSSR count). The van der Waals surface area contributed by atoms with E-state index in [1.807, 2.05) is 12.1 Å². The predicted octanol–water partition coefficient (Wildman–Crippen LogP) is 5.22. The first kappa shape index (κ1) is 22.0. The van der Waals surface area contributed by atoms with Crippen LogP contribution in [-0.2, 0) is 11.8 Å². The van der Waals surface area contributed by atoms with E-state index in [1.165, 1.54) is 6.33 Å². The SMILES string of the molecule is CC(C)(CC(O)(Cc1cc2ccncc2[nH]1)C(F)(F)F)c1cccc(-c2cncnc2)c1. The van der Waals surface area contributed by atoms with Gasteiger partial charge in [-0.25, -0.2) is 9.97 Å². The van der Waals surface area contributed by atoms with Gasteiger partial charge in [0.25, 0.3) is 0 Å². The Labute approximate surface area is 183 Å². The third-order valence-electron chi connectivity index (χ3n) is 5.76. The van der Waals surface area contributed by atoms with Crippen molar-refractivity contribution < 1.29 is 18.3 Å². The molecule has 5 nitrogen and oxygen atoms in total. The van der Waals surface area contributed by atoms with Crippen LogP contribution < -0.4 is 0 Å². The van der Waals surface area contributed by atoms with E-state index in [0.29, 0.717) is 16.8 Å². The van der Waals surface area contributed by atoms with Crippen LogP contribution in [0.2, 0.25) is 0 Å². The van der Waals surface area contributed by atoms with Gasteiger partial charge in [0.15, 0.2) is 5.60 Å². The van der Waals surface area contributed by atoms with Crippen LogP contribution >= 0.6 is 0 Å². The molecule has 3 aromatic heterocycles. The van der Waals surface area contributed by atoms with Crippen LogP contribution in [-0.4, -0.2) is 36.8 Å². The number of hydrogen-bond acceptors (Lipinski definition) is 4. The van der Waals surface area contributed by atoms with Crippen molar-refractivity contribution in [2.75, 3.05) is 0 Å². The molecule has 0 radical (unpaired) electrons. The maximum Gasteiger partial charge on any atom is 0.417 e. The third-order valence-corrected chi connectivity index (χ3v) is 5.76. The standard InChI is InChI=1S/C24H23F3N4O/c1-22(2,19-5-3-4-16(8-19)18-11-29-15-30-12-18)14-23(32,24(25,26)27)10-20-9-17-6-7-28-13-21(17)31-20/h3-9,11-13,15,31-32H,10,14H2,1-2H3. The van der Waals surface area contributed by atoms with Crippen molar-refractivity contribution in [1.29, 1.82) is 0 Å². The van der Waals surface area contributed by atoms with Crippen LogP contribution in [0.15, 0.2) is 67.5 Å². The molecule has 4 aromatic rings. The zero-order chi connectivity index (χ0) is 23.0. The summed E-state index contributed by atoms with van der Waals surface area (Å²) in [5.74, 6) is 0. The molecule has 2 N–H and O–H groups in total. The molecule has 32 heavy (non-hydrogen) atoms. The summed E-state index contributed by atoms with van der Waals surface area (Å²) >= 11 is 0. The zero-order valence-electron chi connectivity index (χ0n) is 17.7. The minimum absolute atomic E-state index is 0.304. The van der Waals surface area contributed by atoms with Gasteiger partial charge in [0.2, 0.25) is 0 Å². The maximum atomic E-state index is 14.1. The number of halogens is 3. The first-order chi connectivity index (χ1) is 15.1. The summed E-state index contributed by atoms with van der Waals surface area (Å²) in [5, 5.41) is 11.7. The number of benzene rings is 1. The highest BCUT2D eigenvalue weighted by atomic mass is 19.4. The lowest BCUT2D eigenvalue weighted by Crippen LogP contribution is -2.50. The molecule has 0 aliphatic heterocycles. The van der Waals surface area contributed by atoms with Crippen molar-refractivity contribution in [3.05, 3.63) is 78.8 Å². The topological polar surface area (TPSA) is 74.7 Å². The highest BCUT2D eigenvalue weighted by Crippen LogP contribution is 2.43. The van der Waals surface area contributed by atoms with Crippen LogP contribution in [0.1, 0.15) is 31.5 Å². The molecule has 0 saturated carbocycles. The number of nitrogens with one attached hydrogen (secondary N) is 1. The second-order valence-corrected chi connectivity index (χ2v) is 8.73. The highest BCUT2D eigenvalue weighted by molar-refractivity contribution is 5.79. The number of aromatic amines is 1. The first-order valence-corrected chi connectivity index (χ1v) is 10.1. The van der Waals surface area contributed by atoms with Crippen molar-refractivity contribution in [1.82, 2.24) is 19.9 Å². The number of H-pyrrole nitrogens is 1. The number of rotatable bonds is 6. The molecule has 0 bridgehead atoms. The Balaban J connectivity index is 1.66. The summed E-state index contributed by atoms with van der Waals surface area (Å²) < 4.78 is 42.4. The summed E-state index contributed by atoms with van der Waals surface area (Å²) in [6, 6.07) is 10.6. The number of nitrogens with zero attached hydrogens (tertiary/aromatic N) is 3. The summed E-state index contributed by atoms with van der Waals surface area (Å²) in [5.41, 5.74) is -0.705. The van der Waals surface area contributed by atoms with Gasteiger partial charge in [-0.2, -0.15) is 13.2 Å². The minimum Gasteiger partial charge on any atom is -0.380 e. The largest absolute Gasteiger partial charge is 0.417 e. The second-order valence-electron chi connectivity index (χ2n) is 8.73. The van der Waals surface area contributed by atoms with Gasteiger partial charge in [-0.1, -0.05) is 38.1 Å². The molecule has 166 valence electrons. The Morgan fingerprint density at radius 3 is 2.38 bits per heavy atom. The van der Waals surface area contributed by atoms with E-state index in [4.69, 9.17) is 0 Å². The fourth-order valence-electron chi connectivity index (χ4n) is 4.11. The van der Waals surface area contributed by atoms with Gasteiger partial charge in [-0.15, -0.1) is 0 Å². The van der Waals surface area contributed by atoms with Crippen molar-refractivity contribution in [3.8, 4) is 11.1 Å². The van der Waals surface area contributed by atoms with Crippen molar-refractivity contribution in [2.45, 2.75) is 43.9 Å². The monoisotopic (exact) mass is 440 g/mol. The fourth-order valence-corrected chi connectivity index (χ4v) is 4.11. The number of hydrogen-bond donors (Lipinski definition) is 2. The Morgan fingerprint density at radius 1 is 0.938 bits per heavy atom. The number of alkyl halides is 3. The van der Waals surface area contributed by atoms with Gasteiger partial charge in [0.1, 0.15) is 6.33 Å². The zero-order valence-corrected chi connectivity index (χ0v) is 17.7. The molecule has 0 fully saturated rings. The van der Waals surface area contributed by atoms with Crippen LogP contribution in [0.3, 0.4) is 0 Å². The maximum absolute atomic E-state index is 14.1. The highest BCUT2D eigenvalue weighted by Gasteiger charge is 2.56. The van der Waals surface area contributed by atoms with Crippen LogP contribution in [0.4, 0.5) is 13.2 Å². The Morgan fingerprint density at radius 2 is 1.69 bits per heavy atom. The molecular formula is C24H23F3N4O. The molecule has 0 spiro atoms. The Kier molecular flexibility index (Phi) is 5.50. The molecule has 0 aliphatic rings. The van der Waals surface area contributed by atoms with E-state index < -0.39 is 30.0 Å². The van der Waals surface area contributed by atoms with Crippen LogP contribution in [0.25, 0.3) is 22.0 Å². The lowest BCUT2D eigenvalue weighted by molar-refractivity contribution is -0.266. The van der Waals surface area contributed by atoms with Crippen molar-refractivity contribution in [2.24, 2.45) is 0 Å². The van der Waals surface area contributed by atoms with Gasteiger partial charge in [0, 0.05) is 41.7 Å². The third kappa shape index (κ3) is 4.36. The molecule has 8 heteroatoms. The molecule has 1 unspecified atom stereocenters. The minimum atomic E-state index is -4.81. The Bertz CT molecular complexity index is 1190. The number of pyridine rings is 1. The average Bonchev–Trinajstić information content (AvgIpc) is 3.15. The number of aliphatic hydroxyl groups is 1. The van der Waals surface area contributed by atoms with Gasteiger partial charge < -0.3 is 10.1 Å². The number of aromatic nitrogens is 4. The first-order valence-electron chi connectivity index (χ1n) is 10.1. The van der Waals surface area contributed by atoms with E-state index >= 15 is 0 Å². The van der Waals surface area contributed by atoms with E-state index in [2.05, 4.69) is 19.9 Å². The molecule has 3 heterocycles. The predicted molar refractivity (Wildman–Crippen MR) is 116 cm³/mol. The summed E-state index contributed by atoms with van der Waals surface area (Å²) in [6.07, 6.45) is 1.93. The van der Waals surface area contributed by atoms with Gasteiger partial charge >= 0.3 is 6.18 Å². The van der Waals surface area contributed by atoms with E-state index in [-0.39, 0.29) is 0 Å². The van der Waals surface area contributed by atoms with Gasteiger partial charge in [-0.3, -0.25) is 4.98 Å². The lowest BCUT2D eigenvalue weighted by atomic mass is 9.73. The van der Waals surface area contributed by atoms with Crippen LogP contribution in [0.5, 0.6) is 0 Å². The molecule has 0 amide bonds. The van der Waals surface area contributed by atoms with Gasteiger partial charge in [0.05, 0.1) is 11.7 Å². The van der Waals surface area contributed by atoms with Crippen LogP contribution in [0, 0.1) is 0 Å². The fraction of sp³-hybridized carbons (Fsp3) is 0.292. The van der Waals surface area contributed by atoms with E-state index in [9.17, 15) is 18.3 Å². The van der Waals surface area contributed by atoms with Crippen molar-refractivity contribution in [3.63, 3.8) is 0 Å². The normalized spacial score (nSPS) is 14.4. The summed E-state index contributed by atoms with van der Waals surface area (Å²) in [7, 11) is 0. The number of fused-ring (bicyclic) bond motifs is 1. The van der Waals surface area contributed by atoms with Gasteiger partial charge in [-0.05, 0) is 35.1 Å². The van der Waals surface area contributed by atoms with Crippen molar-refractivity contribution >= 4 is 10.9 Å². The summed E-state index contributed by atoms with van der Waals surface area (Å²) in [4.78, 5) is 14.9. The Hall–Kier alpha value is -3.26. The molecule has 1 atom stereocenters. The molecular weight excluding hydrogens is 417 g/mol. The summed E-state index contributed by atoms with van der Waals surface area (Å²) in [6.45, 7) is 3.42. The second kappa shape index (κ2) is 8.02. The molecule has 0 saturated heterocycles. The smallest absolute Gasteiger partial charge is 0.380 e. The van der Waals surface area contributed by atoms with E-state index in [0.717, 1.165) is 16.5 Å². The molecule has 0 aliphatic carbocycles. The lowest BCUT2D eigenvalue weighted by Gasteiger charge is -2.38.